The number of rotatable bonds is 4. The van der Waals surface area contributed by atoms with Crippen molar-refractivity contribution in [3.8, 4) is 0 Å². The lowest BCUT2D eigenvalue weighted by Crippen LogP contribution is -2.47. The molecule has 0 saturated heterocycles. The Balaban J connectivity index is 2.55. The molecule has 1 rings (SSSR count). The van der Waals surface area contributed by atoms with Gasteiger partial charge >= 0.3 is 5.97 Å². The van der Waals surface area contributed by atoms with Crippen molar-refractivity contribution in [1.82, 2.24) is 5.32 Å². The Hall–Kier alpha value is -1.06. The molecule has 1 amide bonds. The minimum absolute atomic E-state index is 0.00598. The Kier molecular flexibility index (Phi) is 6.24. The van der Waals surface area contributed by atoms with Crippen LogP contribution in [0.4, 0.5) is 0 Å². The minimum Gasteiger partial charge on any atom is -0.467 e. The Bertz CT molecular complexity index is 363. The number of carbonyl (C=O) groups excluding carboxylic acids is 2. The highest BCUT2D eigenvalue weighted by Gasteiger charge is 2.34. The normalized spacial score (nSPS) is 24.5. The number of carbonyl (C=O) groups is 2. The van der Waals surface area contributed by atoms with Gasteiger partial charge < -0.3 is 10.1 Å². The summed E-state index contributed by atoms with van der Waals surface area (Å²) >= 11 is 0. The molecular formula is C17H31NO3. The smallest absolute Gasteiger partial charge is 0.328 e. The topological polar surface area (TPSA) is 55.4 Å². The number of nitrogens with one attached hydrogen (secondary N) is 1. The van der Waals surface area contributed by atoms with E-state index >= 15 is 0 Å². The van der Waals surface area contributed by atoms with Gasteiger partial charge in [-0.1, -0.05) is 34.6 Å². The zero-order valence-electron chi connectivity index (χ0n) is 14.4. The maximum absolute atomic E-state index is 12.4. The van der Waals surface area contributed by atoms with Gasteiger partial charge in [-0.2, -0.15) is 0 Å². The van der Waals surface area contributed by atoms with E-state index in [1.807, 2.05) is 13.8 Å². The van der Waals surface area contributed by atoms with Crippen molar-refractivity contribution in [2.24, 2.45) is 23.2 Å². The number of ether oxygens (including phenoxy) is 1. The number of amides is 1. The molecule has 0 aliphatic heterocycles. The fourth-order valence-electron chi connectivity index (χ4n) is 3.12. The molecule has 0 aromatic heterocycles. The van der Waals surface area contributed by atoms with Crippen LogP contribution in [0, 0.1) is 23.2 Å². The molecule has 0 radical (unpaired) electrons. The summed E-state index contributed by atoms with van der Waals surface area (Å²) in [6.45, 7) is 10.6. The second-order valence-corrected chi connectivity index (χ2v) is 7.67. The summed E-state index contributed by atoms with van der Waals surface area (Å²) in [5.74, 6) is 0.401. The van der Waals surface area contributed by atoms with Gasteiger partial charge in [-0.25, -0.2) is 4.79 Å². The molecule has 1 fully saturated rings. The zero-order valence-corrected chi connectivity index (χ0v) is 14.4. The van der Waals surface area contributed by atoms with E-state index in [1.54, 1.807) is 0 Å². The van der Waals surface area contributed by atoms with Crippen LogP contribution in [-0.2, 0) is 14.3 Å². The maximum atomic E-state index is 12.4. The van der Waals surface area contributed by atoms with Crippen molar-refractivity contribution in [2.45, 2.75) is 66.3 Å². The first-order chi connectivity index (χ1) is 9.66. The second-order valence-electron chi connectivity index (χ2n) is 7.67. The van der Waals surface area contributed by atoms with Crippen molar-refractivity contribution in [3.05, 3.63) is 0 Å². The summed E-state index contributed by atoms with van der Waals surface area (Å²) < 4.78 is 4.77. The van der Waals surface area contributed by atoms with Crippen LogP contribution in [0.1, 0.15) is 60.3 Å². The monoisotopic (exact) mass is 297 g/mol. The quantitative estimate of drug-likeness (QED) is 0.811. The molecule has 4 heteroatoms. The molecule has 0 aromatic carbocycles. The van der Waals surface area contributed by atoms with E-state index in [-0.39, 0.29) is 23.7 Å². The fraction of sp³-hybridized carbons (Fsp3) is 0.882. The van der Waals surface area contributed by atoms with E-state index < -0.39 is 6.04 Å². The van der Waals surface area contributed by atoms with Crippen LogP contribution in [0.15, 0.2) is 0 Å². The third-order valence-corrected chi connectivity index (χ3v) is 4.74. The molecule has 0 spiro atoms. The number of hydrogen-bond donors (Lipinski definition) is 1. The number of esters is 1. The lowest BCUT2D eigenvalue weighted by Gasteiger charge is -2.36. The molecule has 0 aromatic rings. The predicted octanol–water partition coefficient (Wildman–Crippen LogP) is 3.15. The van der Waals surface area contributed by atoms with Gasteiger partial charge in [0.05, 0.1) is 7.11 Å². The molecule has 1 saturated carbocycles. The average molecular weight is 297 g/mol. The van der Waals surface area contributed by atoms with Gasteiger partial charge in [0, 0.05) is 5.92 Å². The molecule has 1 aliphatic carbocycles. The first kappa shape index (κ1) is 18.0. The first-order valence-electron chi connectivity index (χ1n) is 8.05. The molecular weight excluding hydrogens is 266 g/mol. The highest BCUT2D eigenvalue weighted by molar-refractivity contribution is 5.85. The van der Waals surface area contributed by atoms with Gasteiger partial charge in [0.2, 0.25) is 5.91 Å². The van der Waals surface area contributed by atoms with Gasteiger partial charge in [-0.15, -0.1) is 0 Å². The van der Waals surface area contributed by atoms with E-state index in [1.165, 1.54) is 7.11 Å². The lowest BCUT2D eigenvalue weighted by molar-refractivity contribution is -0.147. The summed E-state index contributed by atoms with van der Waals surface area (Å²) in [7, 11) is 1.36. The molecule has 1 aliphatic rings. The van der Waals surface area contributed by atoms with Gasteiger partial charge in [0.1, 0.15) is 6.04 Å². The van der Waals surface area contributed by atoms with Crippen LogP contribution < -0.4 is 5.32 Å². The Labute approximate surface area is 129 Å². The van der Waals surface area contributed by atoms with E-state index in [4.69, 9.17) is 4.74 Å². The second kappa shape index (κ2) is 7.28. The van der Waals surface area contributed by atoms with Crippen molar-refractivity contribution in [1.29, 1.82) is 0 Å². The standard InChI is InChI=1S/C17H31NO3/c1-11(2)14(16(20)21-6)18-15(19)12-7-9-13(10-8-12)17(3,4)5/h11-14H,7-10H2,1-6H3,(H,18,19). The van der Waals surface area contributed by atoms with Gasteiger partial charge in [-0.05, 0) is 42.9 Å². The van der Waals surface area contributed by atoms with Crippen LogP contribution in [0.3, 0.4) is 0 Å². The van der Waals surface area contributed by atoms with E-state index in [2.05, 4.69) is 26.1 Å². The third-order valence-electron chi connectivity index (χ3n) is 4.74. The van der Waals surface area contributed by atoms with Gasteiger partial charge in [0.25, 0.3) is 0 Å². The summed E-state index contributed by atoms with van der Waals surface area (Å²) in [6.07, 6.45) is 4.01. The molecule has 0 heterocycles. The van der Waals surface area contributed by atoms with Crippen molar-refractivity contribution >= 4 is 11.9 Å². The van der Waals surface area contributed by atoms with E-state index in [0.717, 1.165) is 25.7 Å². The van der Waals surface area contributed by atoms with Crippen molar-refractivity contribution in [3.63, 3.8) is 0 Å². The zero-order chi connectivity index (χ0) is 16.2. The van der Waals surface area contributed by atoms with Gasteiger partial charge in [0.15, 0.2) is 0 Å². The minimum atomic E-state index is -0.539. The largest absolute Gasteiger partial charge is 0.467 e. The number of hydrogen-bond acceptors (Lipinski definition) is 3. The molecule has 0 bridgehead atoms. The van der Waals surface area contributed by atoms with Gasteiger partial charge in [-0.3, -0.25) is 4.79 Å². The first-order valence-corrected chi connectivity index (χ1v) is 8.05. The molecule has 4 nitrogen and oxygen atoms in total. The van der Waals surface area contributed by atoms with Crippen LogP contribution in [0.5, 0.6) is 0 Å². The Morgan fingerprint density at radius 2 is 1.62 bits per heavy atom. The fourth-order valence-corrected chi connectivity index (χ4v) is 3.12. The summed E-state index contributed by atoms with van der Waals surface area (Å²) in [5.41, 5.74) is 0.313. The lowest BCUT2D eigenvalue weighted by atomic mass is 9.69. The van der Waals surface area contributed by atoms with Crippen molar-refractivity contribution in [2.75, 3.05) is 7.11 Å². The van der Waals surface area contributed by atoms with E-state index in [9.17, 15) is 9.59 Å². The molecule has 122 valence electrons. The van der Waals surface area contributed by atoms with Crippen LogP contribution in [0.2, 0.25) is 0 Å². The highest BCUT2D eigenvalue weighted by Crippen LogP contribution is 2.39. The predicted molar refractivity (Wildman–Crippen MR) is 83.7 cm³/mol. The Morgan fingerprint density at radius 1 is 1.10 bits per heavy atom. The third kappa shape index (κ3) is 5.01. The highest BCUT2D eigenvalue weighted by atomic mass is 16.5. The summed E-state index contributed by atoms with van der Waals surface area (Å²) in [4.78, 5) is 24.1. The SMILES string of the molecule is COC(=O)C(NC(=O)C1CCC(C(C)(C)C)CC1)C(C)C. The van der Waals surface area contributed by atoms with Crippen molar-refractivity contribution < 1.29 is 14.3 Å². The van der Waals surface area contributed by atoms with Crippen LogP contribution in [-0.4, -0.2) is 25.0 Å². The average Bonchev–Trinajstić information content (AvgIpc) is 2.42. The molecule has 1 unspecified atom stereocenters. The van der Waals surface area contributed by atoms with Crippen LogP contribution in [0.25, 0.3) is 0 Å². The Morgan fingerprint density at radius 3 is 2.00 bits per heavy atom. The maximum Gasteiger partial charge on any atom is 0.328 e. The van der Waals surface area contributed by atoms with Crippen LogP contribution >= 0.6 is 0 Å². The number of methoxy groups -OCH3 is 1. The summed E-state index contributed by atoms with van der Waals surface area (Å²) in [5, 5.41) is 2.88. The molecule has 21 heavy (non-hydrogen) atoms. The summed E-state index contributed by atoms with van der Waals surface area (Å²) in [6, 6.07) is -0.539. The molecule has 1 atom stereocenters. The van der Waals surface area contributed by atoms with E-state index in [0.29, 0.717) is 11.3 Å². The molecule has 1 N–H and O–H groups in total.